The summed E-state index contributed by atoms with van der Waals surface area (Å²) >= 11 is 5.68. The van der Waals surface area contributed by atoms with Gasteiger partial charge in [0.25, 0.3) is 5.69 Å². The number of carbonyl (C=O) groups excluding carboxylic acids is 1. The van der Waals surface area contributed by atoms with Gasteiger partial charge in [-0.1, -0.05) is 11.6 Å². The molecule has 1 aromatic carbocycles. The van der Waals surface area contributed by atoms with Crippen molar-refractivity contribution in [3.63, 3.8) is 0 Å². The number of nitrogens with zero attached hydrogens (tertiary/aromatic N) is 2. The summed E-state index contributed by atoms with van der Waals surface area (Å²) in [5.74, 6) is -0.954. The van der Waals surface area contributed by atoms with Crippen LogP contribution in [0.25, 0.3) is 0 Å². The van der Waals surface area contributed by atoms with Crippen LogP contribution in [0.1, 0.15) is 18.4 Å². The minimum Gasteiger partial charge on any atom is -0.469 e. The fourth-order valence-corrected chi connectivity index (χ4v) is 2.99. The maximum Gasteiger partial charge on any atom is 0.418 e. The number of hydrogen-bond acceptors (Lipinski definition) is 5. The first-order valence-electron chi connectivity index (χ1n) is 7.03. The molecule has 0 unspecified atom stereocenters. The Balaban J connectivity index is 2.44. The van der Waals surface area contributed by atoms with Gasteiger partial charge in [0.1, 0.15) is 5.69 Å². The van der Waals surface area contributed by atoms with Gasteiger partial charge in [-0.25, -0.2) is 0 Å². The summed E-state index contributed by atoms with van der Waals surface area (Å²) < 4.78 is 43.4. The minimum atomic E-state index is -4.79. The molecule has 2 rings (SSSR count). The first-order chi connectivity index (χ1) is 11.1. The first kappa shape index (κ1) is 18.3. The molecule has 0 aromatic heterocycles. The highest BCUT2D eigenvalue weighted by molar-refractivity contribution is 6.31. The van der Waals surface area contributed by atoms with E-state index >= 15 is 0 Å². The monoisotopic (exact) mass is 366 g/mol. The van der Waals surface area contributed by atoms with Crippen molar-refractivity contribution in [1.82, 2.24) is 0 Å². The molecule has 10 heteroatoms. The Labute approximate surface area is 140 Å². The Morgan fingerprint density at radius 2 is 2.12 bits per heavy atom. The van der Waals surface area contributed by atoms with E-state index in [2.05, 4.69) is 4.74 Å². The van der Waals surface area contributed by atoms with E-state index in [0.717, 1.165) is 6.07 Å². The third-order valence-corrected chi connectivity index (χ3v) is 4.18. The maximum absolute atomic E-state index is 12.9. The Morgan fingerprint density at radius 3 is 2.67 bits per heavy atom. The van der Waals surface area contributed by atoms with Gasteiger partial charge in [0.05, 0.1) is 28.5 Å². The second kappa shape index (κ2) is 6.84. The molecule has 0 N–H and O–H groups in total. The molecule has 1 aromatic rings. The molecule has 1 heterocycles. The molecule has 24 heavy (non-hydrogen) atoms. The second-order valence-electron chi connectivity index (χ2n) is 5.38. The van der Waals surface area contributed by atoms with Crippen molar-refractivity contribution >= 4 is 28.9 Å². The Hall–Kier alpha value is -2.03. The molecule has 1 fully saturated rings. The fraction of sp³-hybridized carbons (Fsp3) is 0.500. The lowest BCUT2D eigenvalue weighted by molar-refractivity contribution is -0.384. The standard InChI is InChI=1S/C14H14ClF3N2O4/c1-24-13(21)8-3-2-4-19(7-8)11-6-10(15)9(14(16,17)18)5-12(11)20(22)23/h5-6,8H,2-4,7H2,1H3/t8-/m0/s1. The molecule has 1 aliphatic rings. The zero-order valence-corrected chi connectivity index (χ0v) is 13.4. The van der Waals surface area contributed by atoms with Crippen LogP contribution in [-0.2, 0) is 15.7 Å². The topological polar surface area (TPSA) is 72.7 Å². The average Bonchev–Trinajstić information content (AvgIpc) is 2.52. The van der Waals surface area contributed by atoms with Crippen molar-refractivity contribution in [2.24, 2.45) is 5.92 Å². The van der Waals surface area contributed by atoms with E-state index < -0.39 is 39.3 Å². The van der Waals surface area contributed by atoms with Crippen LogP contribution in [0.2, 0.25) is 5.02 Å². The van der Waals surface area contributed by atoms with Crippen LogP contribution < -0.4 is 4.90 Å². The molecule has 0 bridgehead atoms. The number of halogens is 4. The zero-order valence-electron chi connectivity index (χ0n) is 12.6. The Kier molecular flexibility index (Phi) is 5.22. The maximum atomic E-state index is 12.9. The highest BCUT2D eigenvalue weighted by atomic mass is 35.5. The van der Waals surface area contributed by atoms with Gasteiger partial charge in [-0.05, 0) is 18.9 Å². The van der Waals surface area contributed by atoms with Crippen molar-refractivity contribution in [2.75, 3.05) is 25.1 Å². The molecule has 0 amide bonds. The number of methoxy groups -OCH3 is 1. The van der Waals surface area contributed by atoms with E-state index in [1.54, 1.807) is 0 Å². The van der Waals surface area contributed by atoms with Gasteiger partial charge in [-0.15, -0.1) is 0 Å². The van der Waals surface area contributed by atoms with Gasteiger partial charge in [-0.2, -0.15) is 13.2 Å². The lowest BCUT2D eigenvalue weighted by Gasteiger charge is -2.33. The molecule has 0 saturated carbocycles. The second-order valence-corrected chi connectivity index (χ2v) is 5.79. The van der Waals surface area contributed by atoms with E-state index in [4.69, 9.17) is 11.6 Å². The third-order valence-electron chi connectivity index (χ3n) is 3.86. The van der Waals surface area contributed by atoms with Crippen LogP contribution in [0.3, 0.4) is 0 Å². The number of anilines is 1. The summed E-state index contributed by atoms with van der Waals surface area (Å²) in [4.78, 5) is 23.5. The van der Waals surface area contributed by atoms with Gasteiger partial charge in [0.15, 0.2) is 0 Å². The third kappa shape index (κ3) is 3.72. The lowest BCUT2D eigenvalue weighted by Crippen LogP contribution is -2.39. The van der Waals surface area contributed by atoms with Crippen molar-refractivity contribution in [3.05, 3.63) is 32.8 Å². The number of ether oxygens (including phenoxy) is 1. The van der Waals surface area contributed by atoms with E-state index in [9.17, 15) is 28.1 Å². The van der Waals surface area contributed by atoms with Crippen molar-refractivity contribution < 1.29 is 27.6 Å². The molecule has 6 nitrogen and oxygen atoms in total. The van der Waals surface area contributed by atoms with Gasteiger partial charge in [0.2, 0.25) is 0 Å². The van der Waals surface area contributed by atoms with Crippen LogP contribution in [0.5, 0.6) is 0 Å². The molecular weight excluding hydrogens is 353 g/mol. The van der Waals surface area contributed by atoms with Crippen LogP contribution >= 0.6 is 11.6 Å². The van der Waals surface area contributed by atoms with Crippen molar-refractivity contribution in [2.45, 2.75) is 19.0 Å². The van der Waals surface area contributed by atoms with Crippen LogP contribution in [0.4, 0.5) is 24.5 Å². The van der Waals surface area contributed by atoms with Gasteiger partial charge in [0, 0.05) is 19.2 Å². The average molecular weight is 367 g/mol. The Bertz CT molecular complexity index is 666. The van der Waals surface area contributed by atoms with Gasteiger partial charge >= 0.3 is 12.1 Å². The number of carbonyl (C=O) groups is 1. The normalized spacial score (nSPS) is 18.4. The highest BCUT2D eigenvalue weighted by Gasteiger charge is 2.37. The number of nitro benzene ring substituents is 1. The summed E-state index contributed by atoms with van der Waals surface area (Å²) in [6.45, 7) is 0.491. The van der Waals surface area contributed by atoms with Crippen LogP contribution in [0.15, 0.2) is 12.1 Å². The first-order valence-corrected chi connectivity index (χ1v) is 7.41. The highest BCUT2D eigenvalue weighted by Crippen LogP contribution is 2.42. The zero-order chi connectivity index (χ0) is 18.1. The number of hydrogen-bond donors (Lipinski definition) is 0. The number of rotatable bonds is 3. The predicted molar refractivity (Wildman–Crippen MR) is 80.1 cm³/mol. The number of benzene rings is 1. The molecule has 132 valence electrons. The summed E-state index contributed by atoms with van der Waals surface area (Å²) in [7, 11) is 1.23. The molecule has 1 atom stereocenters. The van der Waals surface area contributed by atoms with E-state index in [-0.39, 0.29) is 12.2 Å². The summed E-state index contributed by atoms with van der Waals surface area (Å²) in [5.41, 5.74) is -2.00. The van der Waals surface area contributed by atoms with Gasteiger partial charge < -0.3 is 9.64 Å². The molecular formula is C14H14ClF3N2O4. The fourth-order valence-electron chi connectivity index (χ4n) is 2.72. The summed E-state index contributed by atoms with van der Waals surface area (Å²) in [6.07, 6.45) is -3.70. The minimum absolute atomic E-state index is 0.0356. The lowest BCUT2D eigenvalue weighted by atomic mass is 9.97. The molecule has 0 radical (unpaired) electrons. The van der Waals surface area contributed by atoms with Crippen molar-refractivity contribution in [1.29, 1.82) is 0 Å². The quantitative estimate of drug-likeness (QED) is 0.464. The molecule has 0 spiro atoms. The predicted octanol–water partition coefficient (Wildman–Crippen LogP) is 3.66. The largest absolute Gasteiger partial charge is 0.469 e. The number of alkyl halides is 3. The van der Waals surface area contributed by atoms with Crippen LogP contribution in [-0.4, -0.2) is 31.1 Å². The van der Waals surface area contributed by atoms with E-state index in [1.165, 1.54) is 12.0 Å². The number of nitro groups is 1. The summed E-state index contributed by atoms with van der Waals surface area (Å²) in [5, 5.41) is 10.6. The molecule has 1 aliphatic heterocycles. The Morgan fingerprint density at radius 1 is 1.46 bits per heavy atom. The van der Waals surface area contributed by atoms with Crippen LogP contribution in [0, 0.1) is 16.0 Å². The summed E-state index contributed by atoms with van der Waals surface area (Å²) in [6, 6.07) is 1.36. The van der Waals surface area contributed by atoms with Crippen molar-refractivity contribution in [3.8, 4) is 0 Å². The smallest absolute Gasteiger partial charge is 0.418 e. The SMILES string of the molecule is COC(=O)[C@H]1CCCN(c2cc(Cl)c(C(F)(F)F)cc2[N+](=O)[O-])C1. The molecule has 1 saturated heterocycles. The number of esters is 1. The molecule has 0 aliphatic carbocycles. The van der Waals surface area contributed by atoms with Gasteiger partial charge in [-0.3, -0.25) is 14.9 Å². The van der Waals surface area contributed by atoms with E-state index in [1.807, 2.05) is 0 Å². The van der Waals surface area contributed by atoms with E-state index in [0.29, 0.717) is 25.5 Å². The number of piperidine rings is 1.